The second-order valence-corrected chi connectivity index (χ2v) is 16.6. The van der Waals surface area contributed by atoms with Gasteiger partial charge < -0.3 is 49.2 Å². The van der Waals surface area contributed by atoms with Crippen molar-refractivity contribution < 1.29 is 23.7 Å². The lowest BCUT2D eigenvalue weighted by Crippen LogP contribution is -2.36. The van der Waals surface area contributed by atoms with Gasteiger partial charge in [0.1, 0.15) is 23.0 Å². The number of nitrogens with zero attached hydrogens (tertiary/aromatic N) is 2. The molecule has 11 rings (SSSR count). The number of para-hydroxylation sites is 2. The average molecular weight is 834 g/mol. The van der Waals surface area contributed by atoms with Crippen LogP contribution in [-0.2, 0) is 33.5 Å². The molecule has 0 unspecified atom stereocenters. The molecule has 4 N–H and O–H groups in total. The second kappa shape index (κ2) is 17.6. The molecule has 3 saturated heterocycles. The summed E-state index contributed by atoms with van der Waals surface area (Å²) in [6.07, 6.45) is 4.86. The monoisotopic (exact) mass is 833 g/mol. The Bertz CT molecular complexity index is 2710. The lowest BCUT2D eigenvalue weighted by molar-refractivity contribution is 0.0664. The summed E-state index contributed by atoms with van der Waals surface area (Å²) in [4.78, 5) is 35.3. The first-order valence-electron chi connectivity index (χ1n) is 21.7. The predicted molar refractivity (Wildman–Crippen MR) is 241 cm³/mol. The number of anilines is 3. The molecule has 62 heavy (non-hydrogen) atoms. The molecule has 0 bridgehead atoms. The smallest absolute Gasteiger partial charge is 0.250 e. The summed E-state index contributed by atoms with van der Waals surface area (Å²) in [5.74, 6) is 3.98. The van der Waals surface area contributed by atoms with Crippen LogP contribution in [0.4, 0.5) is 17.1 Å². The van der Waals surface area contributed by atoms with Gasteiger partial charge in [-0.25, -0.2) is 0 Å². The van der Waals surface area contributed by atoms with Gasteiger partial charge in [0.15, 0.2) is 0 Å². The van der Waals surface area contributed by atoms with Crippen LogP contribution in [-0.4, -0.2) is 75.8 Å². The van der Waals surface area contributed by atoms with E-state index in [9.17, 15) is 9.59 Å². The first-order valence-corrected chi connectivity index (χ1v) is 21.7. The molecule has 12 heteroatoms. The molecule has 5 aliphatic heterocycles. The average Bonchev–Trinajstić information content (AvgIpc) is 3.31. The summed E-state index contributed by atoms with van der Waals surface area (Å²) in [5.41, 5.74) is 17.7. The Morgan fingerprint density at radius 3 is 1.61 bits per heavy atom. The minimum Gasteiger partial charge on any atom is -0.456 e. The molecule has 2 aromatic heterocycles. The van der Waals surface area contributed by atoms with Gasteiger partial charge in [-0.1, -0.05) is 42.5 Å². The summed E-state index contributed by atoms with van der Waals surface area (Å²) in [6, 6.07) is 31.7. The Kier molecular flexibility index (Phi) is 11.3. The number of rotatable bonds is 6. The van der Waals surface area contributed by atoms with E-state index in [-0.39, 0.29) is 11.1 Å². The highest BCUT2D eigenvalue weighted by atomic mass is 16.5. The standard InChI is InChI=1S/C28H30N2O4.C22H21N3O3/c31-27-18-22(30-9-13-33-14-10-30)17-25(29-27)23-5-1-4-21-16-24-20(15-19-7-11-32-12-8-19)3-2-6-26(24)34-28(21)23;23-18-5-2-6-20-17(18)11-14-3-1-4-16(22(14)28-20)19-12-15(13-21(26)24-19)25-7-9-27-10-8-25/h1-6,17-19H,7-16H2,(H,29,31);1-6,12-13H,7-11,23H2,(H,24,26). The van der Waals surface area contributed by atoms with Crippen molar-refractivity contribution in [3.63, 3.8) is 0 Å². The molecule has 0 amide bonds. The number of morpholine rings is 2. The van der Waals surface area contributed by atoms with Crippen molar-refractivity contribution in [3.8, 4) is 45.5 Å². The van der Waals surface area contributed by atoms with Crippen LogP contribution in [0.25, 0.3) is 22.5 Å². The highest BCUT2D eigenvalue weighted by Crippen LogP contribution is 2.45. The third-order valence-corrected chi connectivity index (χ3v) is 12.6. The van der Waals surface area contributed by atoms with Gasteiger partial charge >= 0.3 is 0 Å². The molecule has 7 heterocycles. The normalized spacial score (nSPS) is 17.0. The van der Waals surface area contributed by atoms with Crippen LogP contribution in [0.2, 0.25) is 0 Å². The fourth-order valence-electron chi connectivity index (χ4n) is 9.30. The number of aromatic nitrogens is 2. The van der Waals surface area contributed by atoms with E-state index in [1.807, 2.05) is 48.5 Å². The molecule has 5 aliphatic rings. The number of ether oxygens (including phenoxy) is 5. The summed E-state index contributed by atoms with van der Waals surface area (Å²) >= 11 is 0. The third kappa shape index (κ3) is 8.33. The van der Waals surface area contributed by atoms with E-state index in [1.54, 1.807) is 12.1 Å². The Labute approximate surface area is 360 Å². The summed E-state index contributed by atoms with van der Waals surface area (Å²) in [5, 5.41) is 0. The van der Waals surface area contributed by atoms with Gasteiger partial charge in [-0.2, -0.15) is 0 Å². The molecular weight excluding hydrogens is 783 g/mol. The van der Waals surface area contributed by atoms with Crippen LogP contribution in [0.15, 0.2) is 107 Å². The first kappa shape index (κ1) is 39.8. The quantitative estimate of drug-likeness (QED) is 0.143. The summed E-state index contributed by atoms with van der Waals surface area (Å²) in [6.45, 7) is 7.56. The Hall–Kier alpha value is -6.34. The van der Waals surface area contributed by atoms with Crippen LogP contribution in [0.1, 0.15) is 40.7 Å². The maximum Gasteiger partial charge on any atom is 0.250 e. The highest BCUT2D eigenvalue weighted by molar-refractivity contribution is 5.76. The zero-order valence-electron chi connectivity index (χ0n) is 34.8. The topological polar surface area (TPSA) is 144 Å². The zero-order chi connectivity index (χ0) is 42.0. The molecule has 12 nitrogen and oxygen atoms in total. The van der Waals surface area contributed by atoms with Gasteiger partial charge in [0.2, 0.25) is 11.1 Å². The van der Waals surface area contributed by atoms with E-state index in [0.29, 0.717) is 38.8 Å². The Morgan fingerprint density at radius 2 is 1.05 bits per heavy atom. The molecule has 0 spiro atoms. The van der Waals surface area contributed by atoms with Gasteiger partial charge in [0.25, 0.3) is 0 Å². The predicted octanol–water partition coefficient (Wildman–Crippen LogP) is 7.70. The molecule has 3 fully saturated rings. The number of hydrogen-bond acceptors (Lipinski definition) is 10. The number of fused-ring (bicyclic) bond motifs is 4. The minimum atomic E-state index is -0.128. The number of hydrogen-bond donors (Lipinski definition) is 3. The van der Waals surface area contributed by atoms with E-state index in [0.717, 1.165) is 144 Å². The van der Waals surface area contributed by atoms with E-state index in [4.69, 9.17) is 29.4 Å². The number of pyridine rings is 2. The van der Waals surface area contributed by atoms with Gasteiger partial charge in [-0.05, 0) is 73.2 Å². The van der Waals surface area contributed by atoms with E-state index >= 15 is 0 Å². The number of nitrogen functional groups attached to an aromatic ring is 1. The largest absolute Gasteiger partial charge is 0.456 e. The van der Waals surface area contributed by atoms with Crippen molar-refractivity contribution >= 4 is 17.1 Å². The van der Waals surface area contributed by atoms with Gasteiger partial charge in [0, 0.05) is 115 Å². The van der Waals surface area contributed by atoms with Crippen molar-refractivity contribution in [2.75, 3.05) is 81.4 Å². The molecule has 0 radical (unpaired) electrons. The number of aromatic amines is 2. The van der Waals surface area contributed by atoms with Crippen LogP contribution in [0, 0.1) is 5.92 Å². The second-order valence-electron chi connectivity index (χ2n) is 16.6. The molecule has 318 valence electrons. The highest BCUT2D eigenvalue weighted by Gasteiger charge is 2.26. The van der Waals surface area contributed by atoms with Gasteiger partial charge in [-0.15, -0.1) is 0 Å². The van der Waals surface area contributed by atoms with Crippen LogP contribution >= 0.6 is 0 Å². The van der Waals surface area contributed by atoms with E-state index in [2.05, 4.69) is 56.2 Å². The molecule has 0 atom stereocenters. The van der Waals surface area contributed by atoms with Crippen molar-refractivity contribution in [3.05, 3.63) is 146 Å². The van der Waals surface area contributed by atoms with Crippen LogP contribution < -0.4 is 36.1 Å². The first-order chi connectivity index (χ1) is 30.4. The molecule has 0 saturated carbocycles. The molecular formula is C50H51N5O7. The van der Waals surface area contributed by atoms with Crippen molar-refractivity contribution in [2.24, 2.45) is 5.92 Å². The van der Waals surface area contributed by atoms with Gasteiger partial charge in [0.05, 0.1) is 37.8 Å². The van der Waals surface area contributed by atoms with Crippen LogP contribution in [0.5, 0.6) is 23.0 Å². The maximum absolute atomic E-state index is 12.6. The van der Waals surface area contributed by atoms with Crippen molar-refractivity contribution in [2.45, 2.75) is 32.1 Å². The fourth-order valence-corrected chi connectivity index (χ4v) is 9.30. The summed E-state index contributed by atoms with van der Waals surface area (Å²) < 4.78 is 29.2. The maximum atomic E-state index is 12.6. The zero-order valence-corrected chi connectivity index (χ0v) is 34.8. The molecule has 4 aromatic carbocycles. The van der Waals surface area contributed by atoms with Crippen LogP contribution in [0.3, 0.4) is 0 Å². The Morgan fingerprint density at radius 1 is 0.565 bits per heavy atom. The minimum absolute atomic E-state index is 0.105. The number of benzene rings is 4. The lowest BCUT2D eigenvalue weighted by Gasteiger charge is -2.29. The number of nitrogens with two attached hydrogens (primary N) is 1. The third-order valence-electron chi connectivity index (χ3n) is 12.6. The molecule has 0 aliphatic carbocycles. The SMILES string of the molecule is Nc1cccc2c1Cc1cccc(-c3cc(N4CCOCC4)cc(=O)[nH]3)c1O2.O=c1cc(N2CCOCC2)cc(-c2cccc3c2Oc2cccc(CC4CCOCC4)c2C3)[nH]1. The fraction of sp³-hybridized carbons (Fsp3) is 0.320. The van der Waals surface area contributed by atoms with Crippen molar-refractivity contribution in [1.82, 2.24) is 9.97 Å². The number of nitrogens with one attached hydrogen (secondary N) is 2. The van der Waals surface area contributed by atoms with Crippen molar-refractivity contribution in [1.29, 1.82) is 0 Å². The molecule has 6 aromatic rings. The lowest BCUT2D eigenvalue weighted by atomic mass is 9.87. The Balaban J connectivity index is 0.000000151. The number of H-pyrrole nitrogens is 2. The van der Waals surface area contributed by atoms with E-state index in [1.165, 1.54) is 11.1 Å². The van der Waals surface area contributed by atoms with Gasteiger partial charge in [-0.3, -0.25) is 9.59 Å². The van der Waals surface area contributed by atoms with E-state index < -0.39 is 0 Å². The summed E-state index contributed by atoms with van der Waals surface area (Å²) in [7, 11) is 0.